The summed E-state index contributed by atoms with van der Waals surface area (Å²) >= 11 is 0. The first kappa shape index (κ1) is 11.3. The Balaban J connectivity index is 2.29. The Hall–Kier alpha value is -1.23. The fourth-order valence-electron chi connectivity index (χ4n) is 2.04. The van der Waals surface area contributed by atoms with Crippen LogP contribution in [0.2, 0.25) is 0 Å². The van der Waals surface area contributed by atoms with Crippen molar-refractivity contribution in [2.75, 3.05) is 7.11 Å². The molecule has 0 spiro atoms. The minimum absolute atomic E-state index is 0.0255. The standard InChI is InChI=1S/C11H12F3NO/c1-16-9-4-7(2-3-8(9)12)10(15)5-11(13,14)6-10/h2-4H,5-6,15H2,1H3. The average molecular weight is 231 g/mol. The minimum Gasteiger partial charge on any atom is -0.494 e. The highest BCUT2D eigenvalue weighted by atomic mass is 19.3. The topological polar surface area (TPSA) is 35.2 Å². The van der Waals surface area contributed by atoms with Gasteiger partial charge in [-0.05, 0) is 17.7 Å². The number of ether oxygens (including phenoxy) is 1. The molecule has 0 bridgehead atoms. The van der Waals surface area contributed by atoms with E-state index < -0.39 is 30.1 Å². The first-order chi connectivity index (χ1) is 7.36. The van der Waals surface area contributed by atoms with E-state index in [9.17, 15) is 13.2 Å². The number of benzene rings is 1. The van der Waals surface area contributed by atoms with Crippen molar-refractivity contribution in [2.24, 2.45) is 5.73 Å². The minimum atomic E-state index is -2.71. The Morgan fingerprint density at radius 2 is 1.94 bits per heavy atom. The monoisotopic (exact) mass is 231 g/mol. The van der Waals surface area contributed by atoms with Gasteiger partial charge in [0.05, 0.1) is 12.6 Å². The third-order valence-corrected chi connectivity index (χ3v) is 2.87. The van der Waals surface area contributed by atoms with Gasteiger partial charge in [-0.25, -0.2) is 13.2 Å². The fourth-order valence-corrected chi connectivity index (χ4v) is 2.04. The summed E-state index contributed by atoms with van der Waals surface area (Å²) in [6, 6.07) is 3.98. The van der Waals surface area contributed by atoms with E-state index in [1.807, 2.05) is 0 Å². The molecule has 0 unspecified atom stereocenters. The van der Waals surface area contributed by atoms with E-state index in [1.54, 1.807) is 0 Å². The predicted molar refractivity (Wildman–Crippen MR) is 53.0 cm³/mol. The highest BCUT2D eigenvalue weighted by Crippen LogP contribution is 2.50. The van der Waals surface area contributed by atoms with Crippen LogP contribution in [0.25, 0.3) is 0 Å². The Labute approximate surface area is 91.2 Å². The van der Waals surface area contributed by atoms with Gasteiger partial charge < -0.3 is 10.5 Å². The molecule has 1 saturated carbocycles. The number of hydrogen-bond acceptors (Lipinski definition) is 2. The molecule has 0 radical (unpaired) electrons. The summed E-state index contributed by atoms with van der Waals surface area (Å²) in [4.78, 5) is 0. The molecule has 88 valence electrons. The second-order valence-electron chi connectivity index (χ2n) is 4.21. The van der Waals surface area contributed by atoms with Crippen molar-refractivity contribution in [3.63, 3.8) is 0 Å². The Bertz CT molecular complexity index is 412. The van der Waals surface area contributed by atoms with Crippen molar-refractivity contribution in [3.8, 4) is 5.75 Å². The van der Waals surface area contributed by atoms with Crippen LogP contribution in [0.5, 0.6) is 5.75 Å². The lowest BCUT2D eigenvalue weighted by Gasteiger charge is -2.44. The van der Waals surface area contributed by atoms with E-state index in [0.29, 0.717) is 5.56 Å². The van der Waals surface area contributed by atoms with Crippen molar-refractivity contribution < 1.29 is 17.9 Å². The van der Waals surface area contributed by atoms with Gasteiger partial charge in [0.2, 0.25) is 0 Å². The van der Waals surface area contributed by atoms with E-state index in [2.05, 4.69) is 0 Å². The Morgan fingerprint density at radius 1 is 1.31 bits per heavy atom. The number of nitrogens with two attached hydrogens (primary N) is 1. The van der Waals surface area contributed by atoms with Gasteiger partial charge in [0.15, 0.2) is 11.6 Å². The maximum Gasteiger partial charge on any atom is 0.252 e. The lowest BCUT2D eigenvalue weighted by molar-refractivity contribution is -0.125. The molecular formula is C11H12F3NO. The van der Waals surface area contributed by atoms with Crippen molar-refractivity contribution in [2.45, 2.75) is 24.3 Å². The molecule has 2 rings (SSSR count). The number of methoxy groups -OCH3 is 1. The fraction of sp³-hybridized carbons (Fsp3) is 0.455. The molecule has 0 aromatic heterocycles. The molecule has 1 fully saturated rings. The summed E-state index contributed by atoms with van der Waals surface area (Å²) in [6.07, 6.45) is -0.816. The van der Waals surface area contributed by atoms with Gasteiger partial charge >= 0.3 is 0 Å². The molecule has 0 atom stereocenters. The summed E-state index contributed by atoms with van der Waals surface area (Å²) in [5.41, 5.74) is 5.23. The van der Waals surface area contributed by atoms with Crippen LogP contribution in [-0.2, 0) is 5.54 Å². The van der Waals surface area contributed by atoms with Gasteiger partial charge in [-0.2, -0.15) is 0 Å². The molecule has 2 N–H and O–H groups in total. The van der Waals surface area contributed by atoms with Crippen molar-refractivity contribution in [1.82, 2.24) is 0 Å². The number of hydrogen-bond donors (Lipinski definition) is 1. The van der Waals surface area contributed by atoms with E-state index in [0.717, 1.165) is 0 Å². The highest BCUT2D eigenvalue weighted by molar-refractivity contribution is 5.36. The summed E-state index contributed by atoms with van der Waals surface area (Å²) in [5, 5.41) is 0. The van der Waals surface area contributed by atoms with E-state index >= 15 is 0 Å². The average Bonchev–Trinajstić information content (AvgIpc) is 2.15. The quantitative estimate of drug-likeness (QED) is 0.848. The summed E-state index contributed by atoms with van der Waals surface area (Å²) in [7, 11) is 1.32. The zero-order chi connectivity index (χ0) is 12.0. The van der Waals surface area contributed by atoms with E-state index in [-0.39, 0.29) is 5.75 Å². The van der Waals surface area contributed by atoms with Crippen LogP contribution in [0.15, 0.2) is 18.2 Å². The van der Waals surface area contributed by atoms with Gasteiger partial charge in [-0.1, -0.05) is 6.07 Å². The molecule has 0 amide bonds. The van der Waals surface area contributed by atoms with Gasteiger partial charge in [-0.15, -0.1) is 0 Å². The van der Waals surface area contributed by atoms with Crippen LogP contribution >= 0.6 is 0 Å². The SMILES string of the molecule is COc1cc(C2(N)CC(F)(F)C2)ccc1F. The highest BCUT2D eigenvalue weighted by Gasteiger charge is 2.55. The predicted octanol–water partition coefficient (Wildman–Crippen LogP) is 2.42. The zero-order valence-corrected chi connectivity index (χ0v) is 8.77. The molecule has 2 nitrogen and oxygen atoms in total. The number of halogens is 3. The molecule has 16 heavy (non-hydrogen) atoms. The largest absolute Gasteiger partial charge is 0.494 e. The molecule has 1 aromatic carbocycles. The molecule has 0 aliphatic heterocycles. The smallest absolute Gasteiger partial charge is 0.252 e. The van der Waals surface area contributed by atoms with Crippen LogP contribution in [0.1, 0.15) is 18.4 Å². The van der Waals surface area contributed by atoms with Crippen molar-refractivity contribution in [1.29, 1.82) is 0 Å². The molecule has 0 heterocycles. The van der Waals surface area contributed by atoms with Crippen LogP contribution in [0.4, 0.5) is 13.2 Å². The van der Waals surface area contributed by atoms with E-state index in [4.69, 9.17) is 10.5 Å². The summed E-state index contributed by atoms with van der Waals surface area (Å²) in [5.74, 6) is -3.21. The summed E-state index contributed by atoms with van der Waals surface area (Å²) in [6.45, 7) is 0. The normalized spacial score (nSPS) is 21.3. The first-order valence-electron chi connectivity index (χ1n) is 4.87. The maximum absolute atomic E-state index is 13.1. The molecule has 1 aliphatic rings. The maximum atomic E-state index is 13.1. The third kappa shape index (κ3) is 1.75. The van der Waals surface area contributed by atoms with Gasteiger partial charge in [-0.3, -0.25) is 0 Å². The first-order valence-corrected chi connectivity index (χ1v) is 4.87. The Kier molecular flexibility index (Phi) is 2.38. The second kappa shape index (κ2) is 3.38. The molecular weight excluding hydrogens is 219 g/mol. The van der Waals surface area contributed by atoms with Gasteiger partial charge in [0, 0.05) is 12.8 Å². The van der Waals surface area contributed by atoms with Gasteiger partial charge in [0.25, 0.3) is 5.92 Å². The number of rotatable bonds is 2. The van der Waals surface area contributed by atoms with Crippen LogP contribution in [-0.4, -0.2) is 13.0 Å². The molecule has 5 heteroatoms. The lowest BCUT2D eigenvalue weighted by atomic mass is 9.70. The molecule has 1 aromatic rings. The van der Waals surface area contributed by atoms with Gasteiger partial charge in [0.1, 0.15) is 0 Å². The lowest BCUT2D eigenvalue weighted by Crippen LogP contribution is -2.55. The van der Waals surface area contributed by atoms with Crippen LogP contribution < -0.4 is 10.5 Å². The van der Waals surface area contributed by atoms with Crippen molar-refractivity contribution in [3.05, 3.63) is 29.6 Å². The Morgan fingerprint density at radius 3 is 2.44 bits per heavy atom. The second-order valence-corrected chi connectivity index (χ2v) is 4.21. The zero-order valence-electron chi connectivity index (χ0n) is 8.77. The molecule has 1 aliphatic carbocycles. The van der Waals surface area contributed by atoms with Crippen molar-refractivity contribution >= 4 is 0 Å². The molecule has 0 saturated heterocycles. The van der Waals surface area contributed by atoms with Crippen LogP contribution in [0, 0.1) is 5.82 Å². The summed E-state index contributed by atoms with van der Waals surface area (Å²) < 4.78 is 43.5. The number of alkyl halides is 2. The third-order valence-electron chi connectivity index (χ3n) is 2.87. The van der Waals surface area contributed by atoms with Crippen LogP contribution in [0.3, 0.4) is 0 Å². The van der Waals surface area contributed by atoms with E-state index in [1.165, 1.54) is 25.3 Å².